The molecule has 0 aliphatic rings. The molecule has 4 nitrogen and oxygen atoms in total. The molecule has 19 heavy (non-hydrogen) atoms. The predicted molar refractivity (Wildman–Crippen MR) is 70.4 cm³/mol. The minimum Gasteiger partial charge on any atom is -0.436 e. The molecular formula is C14H10FN3O. The average molecular weight is 255 g/mol. The van der Waals surface area contributed by atoms with Crippen molar-refractivity contribution in [2.45, 2.75) is 0 Å². The number of aromatic nitrogens is 2. The molecule has 2 aromatic heterocycles. The monoisotopic (exact) mass is 255 g/mol. The first-order chi connectivity index (χ1) is 9.25. The van der Waals surface area contributed by atoms with Crippen LogP contribution in [0.5, 0.6) is 11.6 Å². The van der Waals surface area contributed by atoms with Gasteiger partial charge in [-0.05, 0) is 36.4 Å². The Morgan fingerprint density at radius 3 is 2.63 bits per heavy atom. The van der Waals surface area contributed by atoms with Gasteiger partial charge in [0.25, 0.3) is 5.88 Å². The van der Waals surface area contributed by atoms with Gasteiger partial charge in [-0.15, -0.1) is 0 Å². The first-order valence-corrected chi connectivity index (χ1v) is 5.67. The van der Waals surface area contributed by atoms with Crippen LogP contribution in [0, 0.1) is 5.82 Å². The molecule has 5 heteroatoms. The van der Waals surface area contributed by atoms with Crippen LogP contribution >= 0.6 is 0 Å². The lowest BCUT2D eigenvalue weighted by Gasteiger charge is -2.09. The van der Waals surface area contributed by atoms with E-state index in [1.165, 1.54) is 18.3 Å². The van der Waals surface area contributed by atoms with E-state index in [0.717, 1.165) is 0 Å². The number of nitrogens with zero attached hydrogens (tertiary/aromatic N) is 2. The molecule has 0 aliphatic heterocycles. The summed E-state index contributed by atoms with van der Waals surface area (Å²) in [5.41, 5.74) is 7.01. The van der Waals surface area contributed by atoms with E-state index in [2.05, 4.69) is 9.97 Å². The molecule has 3 aromatic rings. The number of ether oxygens (including phenoxy) is 1. The number of nitrogen functional groups attached to an aromatic ring is 1. The molecule has 2 heterocycles. The molecule has 0 saturated carbocycles. The molecule has 0 aliphatic carbocycles. The fraction of sp³-hybridized carbons (Fsp3) is 0. The second-order valence-electron chi connectivity index (χ2n) is 3.94. The van der Waals surface area contributed by atoms with E-state index >= 15 is 0 Å². The van der Waals surface area contributed by atoms with Crippen molar-refractivity contribution in [3.63, 3.8) is 0 Å². The zero-order valence-corrected chi connectivity index (χ0v) is 9.88. The fourth-order valence-corrected chi connectivity index (χ4v) is 1.81. The highest BCUT2D eigenvalue weighted by Gasteiger charge is 2.10. The molecule has 3 rings (SSSR count). The van der Waals surface area contributed by atoms with Crippen LogP contribution in [0.2, 0.25) is 0 Å². The smallest absolute Gasteiger partial charge is 0.255 e. The third-order valence-corrected chi connectivity index (χ3v) is 2.69. The van der Waals surface area contributed by atoms with E-state index in [1.807, 2.05) is 6.07 Å². The highest BCUT2D eigenvalue weighted by Crippen LogP contribution is 2.31. The van der Waals surface area contributed by atoms with E-state index in [4.69, 9.17) is 10.5 Å². The molecule has 0 fully saturated rings. The third-order valence-electron chi connectivity index (χ3n) is 2.69. The first kappa shape index (κ1) is 11.4. The van der Waals surface area contributed by atoms with Crippen LogP contribution in [0.3, 0.4) is 0 Å². The summed E-state index contributed by atoms with van der Waals surface area (Å²) in [6, 6.07) is 9.72. The Balaban J connectivity index is 2.12. The summed E-state index contributed by atoms with van der Waals surface area (Å²) in [5, 5.41) is 0.715. The van der Waals surface area contributed by atoms with E-state index in [-0.39, 0.29) is 5.88 Å². The van der Waals surface area contributed by atoms with Crippen molar-refractivity contribution in [1.82, 2.24) is 9.97 Å². The SMILES string of the molecule is Nc1ccc(Oc2ncccc2F)c2cccnc12. The van der Waals surface area contributed by atoms with E-state index in [9.17, 15) is 4.39 Å². The van der Waals surface area contributed by atoms with E-state index in [0.29, 0.717) is 22.3 Å². The first-order valence-electron chi connectivity index (χ1n) is 5.67. The van der Waals surface area contributed by atoms with Crippen LogP contribution in [0.25, 0.3) is 10.9 Å². The quantitative estimate of drug-likeness (QED) is 0.714. The Labute approximate surface area is 108 Å². The number of nitrogens with two attached hydrogens (primary N) is 1. The summed E-state index contributed by atoms with van der Waals surface area (Å²) in [5.74, 6) is -0.122. The van der Waals surface area contributed by atoms with Crippen molar-refractivity contribution in [2.75, 3.05) is 5.73 Å². The van der Waals surface area contributed by atoms with E-state index in [1.54, 1.807) is 24.4 Å². The number of benzene rings is 1. The summed E-state index contributed by atoms with van der Waals surface area (Å²) in [6.07, 6.45) is 3.11. The Hall–Kier alpha value is -2.69. The molecule has 0 bridgehead atoms. The number of fused-ring (bicyclic) bond motifs is 1. The number of halogens is 1. The molecule has 0 spiro atoms. The molecule has 0 saturated heterocycles. The van der Waals surface area contributed by atoms with Crippen LogP contribution in [0.4, 0.5) is 10.1 Å². The van der Waals surface area contributed by atoms with Gasteiger partial charge in [0.2, 0.25) is 0 Å². The van der Waals surface area contributed by atoms with Gasteiger partial charge >= 0.3 is 0 Å². The lowest BCUT2D eigenvalue weighted by atomic mass is 10.2. The van der Waals surface area contributed by atoms with Crippen LogP contribution in [0.15, 0.2) is 48.8 Å². The lowest BCUT2D eigenvalue weighted by Crippen LogP contribution is -1.95. The zero-order chi connectivity index (χ0) is 13.2. The summed E-state index contributed by atoms with van der Waals surface area (Å²) in [6.45, 7) is 0. The van der Waals surface area contributed by atoms with Crippen molar-refractivity contribution in [1.29, 1.82) is 0 Å². The van der Waals surface area contributed by atoms with Gasteiger partial charge in [-0.25, -0.2) is 9.37 Å². The minimum absolute atomic E-state index is 0.0718. The lowest BCUT2D eigenvalue weighted by molar-refractivity contribution is 0.426. The van der Waals surface area contributed by atoms with E-state index < -0.39 is 5.82 Å². The number of hydrogen-bond acceptors (Lipinski definition) is 4. The van der Waals surface area contributed by atoms with Gasteiger partial charge in [-0.2, -0.15) is 0 Å². The maximum absolute atomic E-state index is 13.5. The Morgan fingerprint density at radius 1 is 1.00 bits per heavy atom. The maximum Gasteiger partial charge on any atom is 0.255 e. The average Bonchev–Trinajstić information content (AvgIpc) is 2.44. The summed E-state index contributed by atoms with van der Waals surface area (Å²) in [7, 11) is 0. The highest BCUT2D eigenvalue weighted by molar-refractivity contribution is 5.93. The summed E-state index contributed by atoms with van der Waals surface area (Å²) >= 11 is 0. The van der Waals surface area contributed by atoms with Crippen LogP contribution in [-0.4, -0.2) is 9.97 Å². The Kier molecular flexibility index (Phi) is 2.72. The third kappa shape index (κ3) is 2.06. The van der Waals surface area contributed by atoms with Gasteiger partial charge in [0.05, 0.1) is 11.2 Å². The van der Waals surface area contributed by atoms with Crippen molar-refractivity contribution in [3.8, 4) is 11.6 Å². The van der Waals surface area contributed by atoms with Gasteiger partial charge in [-0.3, -0.25) is 4.98 Å². The van der Waals surface area contributed by atoms with Crippen molar-refractivity contribution in [2.24, 2.45) is 0 Å². The maximum atomic E-state index is 13.5. The van der Waals surface area contributed by atoms with Crippen molar-refractivity contribution < 1.29 is 9.13 Å². The molecular weight excluding hydrogens is 245 g/mol. The number of anilines is 1. The number of hydrogen-bond donors (Lipinski definition) is 1. The minimum atomic E-state index is -0.517. The Morgan fingerprint density at radius 2 is 1.79 bits per heavy atom. The molecule has 94 valence electrons. The number of pyridine rings is 2. The fourth-order valence-electron chi connectivity index (χ4n) is 1.81. The standard InChI is InChI=1S/C14H10FN3O/c15-10-4-2-8-18-14(10)19-12-6-5-11(16)13-9(12)3-1-7-17-13/h1-8H,16H2. The summed E-state index contributed by atoms with van der Waals surface area (Å²) < 4.78 is 19.0. The molecule has 1 aromatic carbocycles. The van der Waals surface area contributed by atoms with Gasteiger partial charge < -0.3 is 10.5 Å². The second-order valence-corrected chi connectivity index (χ2v) is 3.94. The highest BCUT2D eigenvalue weighted by atomic mass is 19.1. The topological polar surface area (TPSA) is 61.0 Å². The van der Waals surface area contributed by atoms with Crippen LogP contribution in [-0.2, 0) is 0 Å². The Bertz CT molecular complexity index is 746. The van der Waals surface area contributed by atoms with Gasteiger partial charge in [0.15, 0.2) is 5.82 Å². The van der Waals surface area contributed by atoms with Gasteiger partial charge in [0, 0.05) is 17.8 Å². The summed E-state index contributed by atoms with van der Waals surface area (Å²) in [4.78, 5) is 8.04. The van der Waals surface area contributed by atoms with Gasteiger partial charge in [-0.1, -0.05) is 0 Å². The molecule has 0 radical (unpaired) electrons. The van der Waals surface area contributed by atoms with Crippen LogP contribution < -0.4 is 10.5 Å². The number of rotatable bonds is 2. The molecule has 0 amide bonds. The molecule has 0 atom stereocenters. The van der Waals surface area contributed by atoms with Crippen LogP contribution in [0.1, 0.15) is 0 Å². The zero-order valence-electron chi connectivity index (χ0n) is 9.88. The second kappa shape index (κ2) is 4.53. The predicted octanol–water partition coefficient (Wildman–Crippen LogP) is 3.14. The van der Waals surface area contributed by atoms with Crippen molar-refractivity contribution >= 4 is 16.6 Å². The normalized spacial score (nSPS) is 10.6. The van der Waals surface area contributed by atoms with Crippen molar-refractivity contribution in [3.05, 3.63) is 54.6 Å². The molecule has 0 unspecified atom stereocenters. The largest absolute Gasteiger partial charge is 0.436 e. The van der Waals surface area contributed by atoms with Gasteiger partial charge in [0.1, 0.15) is 5.75 Å². The molecule has 2 N–H and O–H groups in total.